The maximum atomic E-state index is 12.8. The monoisotopic (exact) mass is 437 g/mol. The summed E-state index contributed by atoms with van der Waals surface area (Å²) in [5.41, 5.74) is 5.59. The van der Waals surface area contributed by atoms with E-state index in [1.165, 1.54) is 22.6 Å². The molecule has 9 nitrogen and oxygen atoms in total. The number of benzene rings is 1. The van der Waals surface area contributed by atoms with Crippen molar-refractivity contribution in [3.05, 3.63) is 71.0 Å². The van der Waals surface area contributed by atoms with E-state index in [-0.39, 0.29) is 23.9 Å². The zero-order valence-electron chi connectivity index (χ0n) is 17.7. The first-order valence-electron chi connectivity index (χ1n) is 10.4. The van der Waals surface area contributed by atoms with Gasteiger partial charge in [0.05, 0.1) is 0 Å². The molecule has 2 aromatic rings. The molecular formula is C23H25N4O5. The van der Waals surface area contributed by atoms with Gasteiger partial charge in [0.1, 0.15) is 11.6 Å². The van der Waals surface area contributed by atoms with E-state index in [9.17, 15) is 19.2 Å². The first-order chi connectivity index (χ1) is 15.3. The second kappa shape index (κ2) is 8.58. The minimum absolute atomic E-state index is 0.167. The van der Waals surface area contributed by atoms with Crippen molar-refractivity contribution in [2.24, 2.45) is 5.73 Å². The number of likely N-dealkylation sites (tertiary alicyclic amines) is 1. The van der Waals surface area contributed by atoms with E-state index in [1.54, 1.807) is 49.0 Å². The van der Waals surface area contributed by atoms with Crippen LogP contribution in [0.4, 0.5) is 0 Å². The highest BCUT2D eigenvalue weighted by atomic mass is 16.5. The normalized spacial score (nSPS) is 21.6. The molecule has 3 amide bonds. The maximum absolute atomic E-state index is 12.8. The van der Waals surface area contributed by atoms with Crippen LogP contribution in [0.5, 0.6) is 0 Å². The molecule has 0 spiro atoms. The van der Waals surface area contributed by atoms with E-state index in [2.05, 4.69) is 5.32 Å². The molecule has 9 heteroatoms. The molecular weight excluding hydrogens is 412 g/mol. The number of hydrogen-bond acceptors (Lipinski definition) is 5. The van der Waals surface area contributed by atoms with E-state index in [0.717, 1.165) is 0 Å². The molecule has 1 aromatic carbocycles. The Morgan fingerprint density at radius 1 is 1.12 bits per heavy atom. The number of nitrogens with zero attached hydrogens (tertiary/aromatic N) is 2. The summed E-state index contributed by atoms with van der Waals surface area (Å²) >= 11 is 0. The van der Waals surface area contributed by atoms with Crippen LogP contribution in [0.25, 0.3) is 5.69 Å². The molecule has 1 saturated carbocycles. The number of amides is 3. The molecule has 2 aliphatic rings. The molecule has 2 atom stereocenters. The highest BCUT2D eigenvalue weighted by Gasteiger charge is 2.54. The molecule has 3 N–H and O–H groups in total. The lowest BCUT2D eigenvalue weighted by atomic mass is 9.95. The van der Waals surface area contributed by atoms with Crippen LogP contribution >= 0.6 is 0 Å². The third-order valence-corrected chi connectivity index (χ3v) is 6.02. The number of ether oxygens (including phenoxy) is 1. The number of hydrogen-bond donors (Lipinski definition) is 2. The summed E-state index contributed by atoms with van der Waals surface area (Å²) < 4.78 is 6.82. The third-order valence-electron chi connectivity index (χ3n) is 6.02. The average molecular weight is 437 g/mol. The number of methoxy groups -OCH3 is 1. The summed E-state index contributed by atoms with van der Waals surface area (Å²) in [5.74, 6) is -1.21. The Bertz CT molecular complexity index is 1090. The predicted octanol–water partition coefficient (Wildman–Crippen LogP) is 0.405. The van der Waals surface area contributed by atoms with Crippen LogP contribution in [0.2, 0.25) is 0 Å². The van der Waals surface area contributed by atoms with Gasteiger partial charge in [-0.2, -0.15) is 0 Å². The van der Waals surface area contributed by atoms with Gasteiger partial charge in [-0.3, -0.25) is 23.7 Å². The lowest BCUT2D eigenvalue weighted by Crippen LogP contribution is -2.59. The molecule has 32 heavy (non-hydrogen) atoms. The molecule has 1 radical (unpaired) electrons. The van der Waals surface area contributed by atoms with Crippen LogP contribution in [0.1, 0.15) is 29.6 Å². The highest BCUT2D eigenvalue weighted by Crippen LogP contribution is 2.41. The largest absolute Gasteiger partial charge is 0.368 e. The summed E-state index contributed by atoms with van der Waals surface area (Å²) in [6.45, 7) is 0.287. The van der Waals surface area contributed by atoms with E-state index >= 15 is 0 Å². The van der Waals surface area contributed by atoms with Crippen LogP contribution in [-0.2, 0) is 14.3 Å². The predicted molar refractivity (Wildman–Crippen MR) is 116 cm³/mol. The zero-order valence-corrected chi connectivity index (χ0v) is 17.7. The Morgan fingerprint density at radius 2 is 1.84 bits per heavy atom. The number of aromatic nitrogens is 1. The van der Waals surface area contributed by atoms with Gasteiger partial charge >= 0.3 is 0 Å². The van der Waals surface area contributed by atoms with Crippen molar-refractivity contribution in [3.63, 3.8) is 0 Å². The fraction of sp³-hybridized carbons (Fsp3) is 0.348. The summed E-state index contributed by atoms with van der Waals surface area (Å²) in [6, 6.07) is 10.2. The van der Waals surface area contributed by atoms with Gasteiger partial charge in [-0.05, 0) is 49.6 Å². The molecule has 1 aromatic heterocycles. The Labute approximate surface area is 185 Å². The number of piperidine rings is 1. The molecule has 2 heterocycles. The number of nitrogens with one attached hydrogen (secondary N) is 1. The summed E-state index contributed by atoms with van der Waals surface area (Å²) in [7, 11) is 1.49. The summed E-state index contributed by atoms with van der Waals surface area (Å²) in [6.07, 6.45) is 4.95. The lowest BCUT2D eigenvalue weighted by molar-refractivity contribution is -0.150. The Morgan fingerprint density at radius 3 is 2.44 bits per heavy atom. The first-order valence-corrected chi connectivity index (χ1v) is 10.4. The van der Waals surface area contributed by atoms with Crippen molar-refractivity contribution in [1.82, 2.24) is 14.8 Å². The van der Waals surface area contributed by atoms with Crippen molar-refractivity contribution >= 4 is 17.7 Å². The van der Waals surface area contributed by atoms with Crippen LogP contribution in [0.3, 0.4) is 0 Å². The van der Waals surface area contributed by atoms with Crippen LogP contribution in [0.15, 0.2) is 53.5 Å². The number of primary amides is 1. The number of rotatable bonds is 6. The zero-order chi connectivity index (χ0) is 22.9. The number of carbonyl (C=O) groups is 3. The van der Waals surface area contributed by atoms with Crippen LogP contribution in [-0.4, -0.2) is 58.5 Å². The molecule has 2 fully saturated rings. The van der Waals surface area contributed by atoms with E-state index < -0.39 is 23.6 Å². The van der Waals surface area contributed by atoms with Crippen LogP contribution in [0, 0.1) is 6.42 Å². The van der Waals surface area contributed by atoms with Gasteiger partial charge in [0.15, 0.2) is 0 Å². The van der Waals surface area contributed by atoms with Gasteiger partial charge in [0.2, 0.25) is 5.91 Å². The Hall–Kier alpha value is -3.46. The Kier molecular flexibility index (Phi) is 5.84. The molecule has 167 valence electrons. The molecule has 2 unspecified atom stereocenters. The van der Waals surface area contributed by atoms with Crippen LogP contribution < -0.4 is 16.6 Å². The van der Waals surface area contributed by atoms with Crippen molar-refractivity contribution in [1.29, 1.82) is 0 Å². The number of pyridine rings is 1. The number of carbonyl (C=O) groups excluding carboxylic acids is 3. The average Bonchev–Trinajstić information content (AvgIpc) is 3.60. The quantitative estimate of drug-likeness (QED) is 0.677. The fourth-order valence-corrected chi connectivity index (χ4v) is 3.98. The molecule has 1 aliphatic carbocycles. The standard InChI is InChI=1S/C23H25N4O5/c1-32-23(10-11-23)22(31)27-13-9-16(14-18(27)20(24)29)25-21(30)15-5-7-17(8-6-15)26-12-3-2-4-19(26)28/h2-8,12,14,16,18H,9-11,13H2,1H3,(H2,24,29)(H,25,30). The highest BCUT2D eigenvalue weighted by molar-refractivity contribution is 5.96. The topological polar surface area (TPSA) is 124 Å². The van der Waals surface area contributed by atoms with Crippen molar-refractivity contribution < 1.29 is 19.1 Å². The summed E-state index contributed by atoms with van der Waals surface area (Å²) in [5, 5.41) is 2.88. The second-order valence-corrected chi connectivity index (χ2v) is 8.06. The minimum atomic E-state index is -0.915. The summed E-state index contributed by atoms with van der Waals surface area (Å²) in [4.78, 5) is 50.9. The smallest absolute Gasteiger partial charge is 0.255 e. The molecule has 1 aliphatic heterocycles. The second-order valence-electron chi connectivity index (χ2n) is 8.06. The first kappa shape index (κ1) is 21.8. The van der Waals surface area contributed by atoms with Gasteiger partial charge in [-0.15, -0.1) is 0 Å². The van der Waals surface area contributed by atoms with Crippen molar-refractivity contribution in [2.75, 3.05) is 13.7 Å². The van der Waals surface area contributed by atoms with Gasteiger partial charge in [-0.1, -0.05) is 6.07 Å². The van der Waals surface area contributed by atoms with Gasteiger partial charge in [-0.25, -0.2) is 0 Å². The van der Waals surface area contributed by atoms with Crippen molar-refractivity contribution in [3.8, 4) is 5.69 Å². The van der Waals surface area contributed by atoms with Crippen molar-refractivity contribution in [2.45, 2.75) is 36.9 Å². The maximum Gasteiger partial charge on any atom is 0.255 e. The van der Waals surface area contributed by atoms with Gasteiger partial charge in [0, 0.05) is 49.6 Å². The molecule has 4 rings (SSSR count). The van der Waals surface area contributed by atoms with Gasteiger partial charge < -0.3 is 20.7 Å². The SMILES string of the molecule is COC1(C(=O)N2CCC(NC(=O)c3ccc(-n4ccccc4=O)cc3)[CH]C2C(N)=O)CC1. The van der Waals surface area contributed by atoms with E-state index in [0.29, 0.717) is 30.5 Å². The third kappa shape index (κ3) is 4.16. The van der Waals surface area contributed by atoms with E-state index in [1.807, 2.05) is 0 Å². The molecule has 0 bridgehead atoms. The Balaban J connectivity index is 1.42. The molecule has 1 saturated heterocycles. The minimum Gasteiger partial charge on any atom is -0.368 e. The van der Waals surface area contributed by atoms with Gasteiger partial charge in [0.25, 0.3) is 17.4 Å². The van der Waals surface area contributed by atoms with E-state index in [4.69, 9.17) is 10.5 Å². The number of nitrogens with two attached hydrogens (primary N) is 1. The lowest BCUT2D eigenvalue weighted by Gasteiger charge is -2.39. The fourth-order valence-electron chi connectivity index (χ4n) is 3.98.